The Bertz CT molecular complexity index is 1010. The van der Waals surface area contributed by atoms with Crippen LogP contribution in [0.5, 0.6) is 0 Å². The summed E-state index contributed by atoms with van der Waals surface area (Å²) in [7, 11) is 0. The Kier molecular flexibility index (Phi) is 5.53. The highest BCUT2D eigenvalue weighted by molar-refractivity contribution is 6.08. The largest absolute Gasteiger partial charge is 0.477 e. The first-order chi connectivity index (χ1) is 14.8. The van der Waals surface area contributed by atoms with Gasteiger partial charge in [0, 0.05) is 24.7 Å². The number of hydrogen-bond acceptors (Lipinski definition) is 6. The first-order valence-corrected chi connectivity index (χ1v) is 10.4. The number of nitrogens with one attached hydrogen (secondary N) is 3. The number of rotatable bonds is 6. The molecule has 2 aliphatic heterocycles. The maximum Gasteiger partial charge on any atom is 0.354 e. The lowest BCUT2D eigenvalue weighted by Crippen LogP contribution is -2.55. The van der Waals surface area contributed by atoms with Crippen LogP contribution in [0.4, 0.5) is 21.5 Å². The first-order valence-electron chi connectivity index (χ1n) is 10.4. The number of aromatic carboxylic acids is 1. The van der Waals surface area contributed by atoms with E-state index in [1.807, 2.05) is 13.8 Å². The van der Waals surface area contributed by atoms with Crippen molar-refractivity contribution in [1.29, 1.82) is 0 Å². The molecule has 2 aromatic rings. The van der Waals surface area contributed by atoms with Gasteiger partial charge in [-0.3, -0.25) is 9.69 Å². The monoisotopic (exact) mass is 427 g/mol. The zero-order valence-electron chi connectivity index (χ0n) is 17.5. The second kappa shape index (κ2) is 8.14. The second-order valence-electron chi connectivity index (χ2n) is 8.10. The van der Waals surface area contributed by atoms with E-state index in [0.717, 1.165) is 18.5 Å². The van der Waals surface area contributed by atoms with Crippen LogP contribution in [0.2, 0.25) is 0 Å². The molecule has 1 aromatic heterocycles. The SMILES string of the molecule is CCNc1cc(F)cc2c1NC(=O)[C@@]2(C)N1CCCC(Nc2ccc(C(=O)O)nc2)C1. The smallest absolute Gasteiger partial charge is 0.354 e. The fourth-order valence-electron chi connectivity index (χ4n) is 4.47. The minimum absolute atomic E-state index is 0.0129. The molecule has 1 aromatic carbocycles. The summed E-state index contributed by atoms with van der Waals surface area (Å²) in [5.41, 5.74) is 1.60. The van der Waals surface area contributed by atoms with E-state index in [0.29, 0.717) is 36.6 Å². The Hall–Kier alpha value is -3.20. The van der Waals surface area contributed by atoms with Gasteiger partial charge in [0.15, 0.2) is 0 Å². The first kappa shape index (κ1) is 21.0. The van der Waals surface area contributed by atoms with Crippen LogP contribution in [-0.4, -0.2) is 52.5 Å². The lowest BCUT2D eigenvalue weighted by molar-refractivity contribution is -0.127. The number of aromatic nitrogens is 1. The normalized spacial score (nSPS) is 23.2. The number of carbonyl (C=O) groups excluding carboxylic acids is 1. The number of likely N-dealkylation sites (tertiary alicyclic amines) is 1. The van der Waals surface area contributed by atoms with Crippen LogP contribution in [-0.2, 0) is 10.3 Å². The van der Waals surface area contributed by atoms with E-state index in [9.17, 15) is 14.0 Å². The number of carbonyl (C=O) groups is 2. The number of piperidine rings is 1. The summed E-state index contributed by atoms with van der Waals surface area (Å²) in [6.45, 7) is 5.68. The van der Waals surface area contributed by atoms with Crippen molar-refractivity contribution in [2.75, 3.05) is 35.6 Å². The minimum Gasteiger partial charge on any atom is -0.477 e. The van der Waals surface area contributed by atoms with Crippen molar-refractivity contribution < 1.29 is 19.1 Å². The quantitative estimate of drug-likeness (QED) is 0.561. The third-order valence-electron chi connectivity index (χ3n) is 6.08. The van der Waals surface area contributed by atoms with Gasteiger partial charge >= 0.3 is 5.97 Å². The molecule has 9 heteroatoms. The van der Waals surface area contributed by atoms with Crippen LogP contribution in [0.3, 0.4) is 0 Å². The summed E-state index contributed by atoms with van der Waals surface area (Å²) < 4.78 is 14.4. The minimum atomic E-state index is -1.07. The number of halogens is 1. The number of fused-ring (bicyclic) bond motifs is 1. The molecule has 31 heavy (non-hydrogen) atoms. The summed E-state index contributed by atoms with van der Waals surface area (Å²) in [5.74, 6) is -1.62. The number of amides is 1. The number of nitrogens with zero attached hydrogens (tertiary/aromatic N) is 2. The molecule has 4 N–H and O–H groups in total. The maximum absolute atomic E-state index is 14.4. The number of benzene rings is 1. The number of carboxylic acids is 1. The molecule has 1 amide bonds. The zero-order chi connectivity index (χ0) is 22.2. The van der Waals surface area contributed by atoms with E-state index in [1.54, 1.807) is 6.07 Å². The van der Waals surface area contributed by atoms with Crippen molar-refractivity contribution in [1.82, 2.24) is 9.88 Å². The number of carboxylic acid groups (broad SMARTS) is 1. The van der Waals surface area contributed by atoms with E-state index < -0.39 is 11.5 Å². The Morgan fingerprint density at radius 1 is 1.42 bits per heavy atom. The Morgan fingerprint density at radius 3 is 2.90 bits per heavy atom. The van der Waals surface area contributed by atoms with Crippen LogP contribution < -0.4 is 16.0 Å². The van der Waals surface area contributed by atoms with E-state index in [2.05, 4.69) is 25.8 Å². The fourth-order valence-corrected chi connectivity index (χ4v) is 4.47. The van der Waals surface area contributed by atoms with Crippen molar-refractivity contribution in [3.8, 4) is 0 Å². The van der Waals surface area contributed by atoms with E-state index in [4.69, 9.17) is 5.11 Å². The summed E-state index contributed by atoms with van der Waals surface area (Å²) in [6, 6.07) is 6.04. The van der Waals surface area contributed by atoms with Crippen LogP contribution in [0.1, 0.15) is 42.7 Å². The molecule has 3 heterocycles. The van der Waals surface area contributed by atoms with Gasteiger partial charge in [-0.1, -0.05) is 0 Å². The maximum atomic E-state index is 14.4. The Balaban J connectivity index is 1.57. The molecule has 4 rings (SSSR count). The average Bonchev–Trinajstić information content (AvgIpc) is 3.00. The molecule has 0 bridgehead atoms. The summed E-state index contributed by atoms with van der Waals surface area (Å²) >= 11 is 0. The second-order valence-corrected chi connectivity index (χ2v) is 8.10. The van der Waals surface area contributed by atoms with E-state index in [1.165, 1.54) is 24.4 Å². The Labute approximate surface area is 179 Å². The summed E-state index contributed by atoms with van der Waals surface area (Å²) in [4.78, 5) is 30.1. The highest BCUT2D eigenvalue weighted by Crippen LogP contribution is 2.45. The lowest BCUT2D eigenvalue weighted by Gasteiger charge is -2.42. The van der Waals surface area contributed by atoms with Gasteiger partial charge in [-0.25, -0.2) is 14.2 Å². The van der Waals surface area contributed by atoms with Gasteiger partial charge in [0.05, 0.1) is 23.3 Å². The fraction of sp³-hybridized carbons (Fsp3) is 0.409. The standard InChI is InChI=1S/C22H26FN5O3/c1-3-24-18-10-13(23)9-16-19(18)27-21(31)22(16,2)28-8-4-5-15(12-28)26-14-6-7-17(20(29)30)25-11-14/h6-7,9-11,15,24,26H,3-5,8,12H2,1-2H3,(H,27,31)(H,29,30)/t15?,22-/m0/s1. The molecular weight excluding hydrogens is 401 g/mol. The third kappa shape index (κ3) is 3.81. The molecule has 0 saturated carbocycles. The van der Waals surface area contributed by atoms with Gasteiger partial charge in [-0.05, 0) is 57.5 Å². The van der Waals surface area contributed by atoms with Gasteiger partial charge in [-0.15, -0.1) is 0 Å². The number of hydrogen-bond donors (Lipinski definition) is 4. The molecule has 0 aliphatic carbocycles. The average molecular weight is 427 g/mol. The third-order valence-corrected chi connectivity index (χ3v) is 6.08. The predicted molar refractivity (Wildman–Crippen MR) is 116 cm³/mol. The highest BCUT2D eigenvalue weighted by atomic mass is 19.1. The van der Waals surface area contributed by atoms with Crippen molar-refractivity contribution in [2.24, 2.45) is 0 Å². The van der Waals surface area contributed by atoms with E-state index >= 15 is 0 Å². The van der Waals surface area contributed by atoms with Crippen molar-refractivity contribution >= 4 is 28.9 Å². The molecule has 2 atom stereocenters. The summed E-state index contributed by atoms with van der Waals surface area (Å²) in [5, 5.41) is 18.5. The molecule has 8 nitrogen and oxygen atoms in total. The zero-order valence-corrected chi connectivity index (χ0v) is 17.5. The molecule has 1 saturated heterocycles. The topological polar surface area (TPSA) is 107 Å². The molecular formula is C22H26FN5O3. The molecule has 0 radical (unpaired) electrons. The number of pyridine rings is 1. The van der Waals surface area contributed by atoms with Crippen LogP contribution in [0, 0.1) is 5.82 Å². The van der Waals surface area contributed by atoms with E-state index in [-0.39, 0.29) is 23.5 Å². The van der Waals surface area contributed by atoms with Gasteiger partial charge in [0.1, 0.15) is 17.1 Å². The molecule has 0 spiro atoms. The number of anilines is 3. The molecule has 1 fully saturated rings. The molecule has 2 aliphatic rings. The van der Waals surface area contributed by atoms with Crippen molar-refractivity contribution in [2.45, 2.75) is 38.3 Å². The van der Waals surface area contributed by atoms with Crippen LogP contribution >= 0.6 is 0 Å². The van der Waals surface area contributed by atoms with Crippen molar-refractivity contribution in [3.05, 3.63) is 47.5 Å². The van der Waals surface area contributed by atoms with Gasteiger partial charge in [0.25, 0.3) is 0 Å². The van der Waals surface area contributed by atoms with Crippen molar-refractivity contribution in [3.63, 3.8) is 0 Å². The van der Waals surface area contributed by atoms with Crippen LogP contribution in [0.15, 0.2) is 30.5 Å². The highest BCUT2D eigenvalue weighted by Gasteiger charge is 2.49. The molecule has 164 valence electrons. The lowest BCUT2D eigenvalue weighted by atomic mass is 9.88. The van der Waals surface area contributed by atoms with Crippen LogP contribution in [0.25, 0.3) is 0 Å². The predicted octanol–water partition coefficient (Wildman–Crippen LogP) is 3.09. The molecule has 1 unspecified atom stereocenters. The van der Waals surface area contributed by atoms with Gasteiger partial charge in [-0.2, -0.15) is 0 Å². The summed E-state index contributed by atoms with van der Waals surface area (Å²) in [6.07, 6.45) is 3.26. The Morgan fingerprint density at radius 2 is 2.23 bits per heavy atom. The van der Waals surface area contributed by atoms with Gasteiger partial charge < -0.3 is 21.1 Å². The van der Waals surface area contributed by atoms with Gasteiger partial charge in [0.2, 0.25) is 5.91 Å².